The molecule has 1 saturated heterocycles. The predicted octanol–water partition coefficient (Wildman–Crippen LogP) is 2.65. The Labute approximate surface area is 112 Å². The number of carboxylic acids is 1. The van der Waals surface area contributed by atoms with E-state index in [1.165, 1.54) is 6.08 Å². The van der Waals surface area contributed by atoms with Crippen LogP contribution in [0.5, 0.6) is 0 Å². The number of hydrogen-bond donors (Lipinski definition) is 1. The van der Waals surface area contributed by atoms with Crippen molar-refractivity contribution >= 4 is 11.5 Å². The van der Waals surface area contributed by atoms with Gasteiger partial charge < -0.3 is 14.6 Å². The minimum Gasteiger partial charge on any atom is -0.478 e. The highest BCUT2D eigenvalue weighted by Gasteiger charge is 2.24. The summed E-state index contributed by atoms with van der Waals surface area (Å²) in [7, 11) is 0. The molecule has 102 valence electrons. The number of rotatable bonds is 6. The van der Waals surface area contributed by atoms with Crippen molar-refractivity contribution in [2.45, 2.75) is 26.1 Å². The van der Waals surface area contributed by atoms with E-state index in [9.17, 15) is 4.79 Å². The number of ether oxygens (including phenoxy) is 2. The second kappa shape index (κ2) is 5.99. The molecule has 1 aromatic carbocycles. The number of benzene rings is 1. The normalized spacial score (nSPS) is 20.1. The molecule has 4 nitrogen and oxygen atoms in total. The van der Waals surface area contributed by atoms with Gasteiger partial charge in [0, 0.05) is 6.08 Å². The van der Waals surface area contributed by atoms with E-state index < -0.39 is 5.97 Å². The van der Waals surface area contributed by atoms with Crippen LogP contribution >= 0.6 is 0 Å². The minimum atomic E-state index is -0.938. The van der Waals surface area contributed by atoms with Crippen LogP contribution in [0.1, 0.15) is 31.1 Å². The summed E-state index contributed by atoms with van der Waals surface area (Å²) in [6, 6.07) is 7.71. The summed E-state index contributed by atoms with van der Waals surface area (Å²) in [5.41, 5.74) is 2.63. The Morgan fingerprint density at radius 2 is 2.26 bits per heavy atom. The largest absolute Gasteiger partial charge is 0.478 e. The van der Waals surface area contributed by atoms with E-state index in [0.29, 0.717) is 6.61 Å². The van der Waals surface area contributed by atoms with E-state index in [1.807, 2.05) is 31.2 Å². The third-order valence-corrected chi connectivity index (χ3v) is 3.10. The van der Waals surface area contributed by atoms with E-state index in [4.69, 9.17) is 14.6 Å². The topological polar surface area (TPSA) is 59.1 Å². The zero-order valence-corrected chi connectivity index (χ0v) is 11.1. The molecule has 0 spiro atoms. The molecule has 1 N–H and O–H groups in total. The lowest BCUT2D eigenvalue weighted by atomic mass is 9.97. The molecule has 1 fully saturated rings. The first-order valence-electron chi connectivity index (χ1n) is 6.31. The molecule has 0 bridgehead atoms. The van der Waals surface area contributed by atoms with Crippen LogP contribution in [-0.4, -0.2) is 30.4 Å². The second-order valence-electron chi connectivity index (χ2n) is 4.68. The SMILES string of the molecule is C/C(=C\C(=O)O)c1ccccc1[C@@H](C)OC[C@H]1CO1. The van der Waals surface area contributed by atoms with E-state index in [2.05, 4.69) is 0 Å². The maximum Gasteiger partial charge on any atom is 0.328 e. The van der Waals surface area contributed by atoms with Gasteiger partial charge in [0.1, 0.15) is 6.10 Å². The zero-order valence-electron chi connectivity index (χ0n) is 11.1. The molecule has 1 heterocycles. The highest BCUT2D eigenvalue weighted by atomic mass is 16.6. The van der Waals surface area contributed by atoms with Crippen molar-refractivity contribution in [3.63, 3.8) is 0 Å². The zero-order chi connectivity index (χ0) is 13.8. The lowest BCUT2D eigenvalue weighted by Crippen LogP contribution is -2.08. The van der Waals surface area contributed by atoms with Crippen molar-refractivity contribution in [2.24, 2.45) is 0 Å². The first-order valence-corrected chi connectivity index (χ1v) is 6.31. The fourth-order valence-electron chi connectivity index (χ4n) is 1.98. The molecule has 1 aliphatic rings. The Morgan fingerprint density at radius 1 is 1.58 bits per heavy atom. The van der Waals surface area contributed by atoms with Gasteiger partial charge in [-0.1, -0.05) is 24.3 Å². The highest BCUT2D eigenvalue weighted by Crippen LogP contribution is 2.27. The van der Waals surface area contributed by atoms with Crippen molar-refractivity contribution in [1.29, 1.82) is 0 Å². The summed E-state index contributed by atoms with van der Waals surface area (Å²) in [5, 5.41) is 8.83. The van der Waals surface area contributed by atoms with Crippen LogP contribution in [0, 0.1) is 0 Å². The second-order valence-corrected chi connectivity index (χ2v) is 4.68. The van der Waals surface area contributed by atoms with Crippen molar-refractivity contribution in [1.82, 2.24) is 0 Å². The molecule has 0 amide bonds. The summed E-state index contributed by atoms with van der Waals surface area (Å²) < 4.78 is 10.9. The van der Waals surface area contributed by atoms with Crippen LogP contribution in [0.3, 0.4) is 0 Å². The Kier molecular flexibility index (Phi) is 4.35. The Hall–Kier alpha value is -1.65. The van der Waals surface area contributed by atoms with Crippen LogP contribution < -0.4 is 0 Å². The van der Waals surface area contributed by atoms with E-state index in [1.54, 1.807) is 6.92 Å². The molecule has 0 unspecified atom stereocenters. The van der Waals surface area contributed by atoms with Crippen LogP contribution in [0.25, 0.3) is 5.57 Å². The Balaban J connectivity index is 2.16. The molecular weight excluding hydrogens is 244 g/mol. The maximum atomic E-state index is 10.8. The predicted molar refractivity (Wildman–Crippen MR) is 71.8 cm³/mol. The quantitative estimate of drug-likeness (QED) is 0.632. The third kappa shape index (κ3) is 3.91. The molecule has 19 heavy (non-hydrogen) atoms. The molecule has 2 rings (SSSR count). The summed E-state index contributed by atoms with van der Waals surface area (Å²) in [4.78, 5) is 10.8. The molecule has 0 aromatic heterocycles. The van der Waals surface area contributed by atoms with Gasteiger partial charge in [-0.25, -0.2) is 4.79 Å². The van der Waals surface area contributed by atoms with Crippen LogP contribution in [-0.2, 0) is 14.3 Å². The van der Waals surface area contributed by atoms with Gasteiger partial charge in [-0.3, -0.25) is 0 Å². The van der Waals surface area contributed by atoms with Gasteiger partial charge in [0.2, 0.25) is 0 Å². The average molecular weight is 262 g/mol. The summed E-state index contributed by atoms with van der Waals surface area (Å²) in [5.74, 6) is -0.938. The molecule has 0 saturated carbocycles. The number of hydrogen-bond acceptors (Lipinski definition) is 3. The summed E-state index contributed by atoms with van der Waals surface area (Å²) in [6.07, 6.45) is 1.36. The van der Waals surface area contributed by atoms with Gasteiger partial charge >= 0.3 is 5.97 Å². The van der Waals surface area contributed by atoms with Crippen molar-refractivity contribution in [3.8, 4) is 0 Å². The van der Waals surface area contributed by atoms with Gasteiger partial charge in [0.15, 0.2) is 0 Å². The lowest BCUT2D eigenvalue weighted by molar-refractivity contribution is -0.131. The molecular formula is C15H18O4. The lowest BCUT2D eigenvalue weighted by Gasteiger charge is -2.17. The fourth-order valence-corrected chi connectivity index (χ4v) is 1.98. The van der Waals surface area contributed by atoms with Crippen LogP contribution in [0.2, 0.25) is 0 Å². The molecule has 1 aromatic rings. The standard InChI is InChI=1S/C15H18O4/c1-10(7-15(16)17)13-5-3-4-6-14(13)11(2)18-8-12-9-19-12/h3-7,11-12H,8-9H2,1-2H3,(H,16,17)/b10-7+/t11-,12+/m1/s1. The number of aliphatic carboxylic acids is 1. The average Bonchev–Trinajstić information content (AvgIpc) is 3.19. The molecule has 0 aliphatic carbocycles. The molecule has 4 heteroatoms. The minimum absolute atomic E-state index is 0.0856. The first-order chi connectivity index (χ1) is 9.08. The fraction of sp³-hybridized carbons (Fsp3) is 0.400. The Morgan fingerprint density at radius 3 is 2.89 bits per heavy atom. The van der Waals surface area contributed by atoms with E-state index in [0.717, 1.165) is 23.3 Å². The van der Waals surface area contributed by atoms with Gasteiger partial charge in [-0.2, -0.15) is 0 Å². The van der Waals surface area contributed by atoms with Crippen molar-refractivity contribution in [2.75, 3.05) is 13.2 Å². The van der Waals surface area contributed by atoms with Crippen LogP contribution in [0.4, 0.5) is 0 Å². The third-order valence-electron chi connectivity index (χ3n) is 3.10. The molecule has 1 aliphatic heterocycles. The van der Waals surface area contributed by atoms with Gasteiger partial charge in [0.05, 0.1) is 19.3 Å². The monoisotopic (exact) mass is 262 g/mol. The van der Waals surface area contributed by atoms with Gasteiger partial charge in [0.25, 0.3) is 0 Å². The van der Waals surface area contributed by atoms with Crippen molar-refractivity contribution in [3.05, 3.63) is 41.5 Å². The van der Waals surface area contributed by atoms with Crippen LogP contribution in [0.15, 0.2) is 30.3 Å². The van der Waals surface area contributed by atoms with E-state index in [-0.39, 0.29) is 12.2 Å². The number of carbonyl (C=O) groups is 1. The van der Waals surface area contributed by atoms with Gasteiger partial charge in [-0.05, 0) is 30.5 Å². The Bertz CT molecular complexity index is 489. The number of epoxide rings is 1. The summed E-state index contributed by atoms with van der Waals surface area (Å²) in [6.45, 7) is 5.11. The number of allylic oxidation sites excluding steroid dienone is 1. The van der Waals surface area contributed by atoms with E-state index >= 15 is 0 Å². The molecule has 2 atom stereocenters. The molecule has 0 radical (unpaired) electrons. The maximum absolute atomic E-state index is 10.8. The summed E-state index contributed by atoms with van der Waals surface area (Å²) >= 11 is 0. The number of carboxylic acid groups (broad SMARTS) is 1. The van der Waals surface area contributed by atoms with Gasteiger partial charge in [-0.15, -0.1) is 0 Å². The smallest absolute Gasteiger partial charge is 0.328 e. The first kappa shape index (κ1) is 13.8. The highest BCUT2D eigenvalue weighted by molar-refractivity contribution is 5.89. The van der Waals surface area contributed by atoms with Crippen molar-refractivity contribution < 1.29 is 19.4 Å².